The Bertz CT molecular complexity index is 696. The number of hydrogen-bond donors (Lipinski definition) is 1. The maximum atomic E-state index is 12.7. The Labute approximate surface area is 144 Å². The quantitative estimate of drug-likeness (QED) is 0.917. The molecule has 1 aliphatic heterocycles. The Kier molecular flexibility index (Phi) is 5.31. The smallest absolute Gasteiger partial charge is 0.228 e. The fourth-order valence-corrected chi connectivity index (χ4v) is 3.44. The maximum absolute atomic E-state index is 12.7. The molecule has 2 aromatic carbocycles. The van der Waals surface area contributed by atoms with E-state index in [1.807, 2.05) is 25.1 Å². The first-order valence-electron chi connectivity index (χ1n) is 8.76. The third kappa shape index (κ3) is 4.24. The van der Waals surface area contributed by atoms with Crippen molar-refractivity contribution in [1.29, 1.82) is 0 Å². The highest BCUT2D eigenvalue weighted by Crippen LogP contribution is 2.22. The summed E-state index contributed by atoms with van der Waals surface area (Å²) in [5.41, 5.74) is 4.59. The molecule has 1 amide bonds. The summed E-state index contributed by atoms with van der Waals surface area (Å²) in [7, 11) is 0. The molecule has 3 heteroatoms. The molecule has 0 radical (unpaired) electrons. The Morgan fingerprint density at radius 1 is 1.17 bits per heavy atom. The molecule has 0 spiro atoms. The summed E-state index contributed by atoms with van der Waals surface area (Å²) in [5, 5.41) is 3.13. The number of nitrogens with zero attached hydrogens (tertiary/aromatic N) is 1. The molecule has 24 heavy (non-hydrogen) atoms. The number of likely N-dealkylation sites (tertiary alicyclic amines) is 1. The Balaban J connectivity index is 1.60. The van der Waals surface area contributed by atoms with E-state index >= 15 is 0 Å². The van der Waals surface area contributed by atoms with Crippen LogP contribution in [0.4, 0.5) is 5.69 Å². The van der Waals surface area contributed by atoms with Crippen molar-refractivity contribution in [3.8, 4) is 0 Å². The third-order valence-electron chi connectivity index (χ3n) is 4.77. The van der Waals surface area contributed by atoms with Crippen molar-refractivity contribution in [3.63, 3.8) is 0 Å². The molecule has 0 aromatic heterocycles. The van der Waals surface area contributed by atoms with Crippen molar-refractivity contribution in [2.24, 2.45) is 5.92 Å². The molecular formula is C21H26N2O. The molecule has 0 saturated carbocycles. The summed E-state index contributed by atoms with van der Waals surface area (Å²) in [6.07, 6.45) is 2.06. The van der Waals surface area contributed by atoms with Crippen LogP contribution in [0.1, 0.15) is 29.5 Å². The lowest BCUT2D eigenvalue weighted by Gasteiger charge is -2.32. The predicted molar refractivity (Wildman–Crippen MR) is 99.0 cm³/mol. The van der Waals surface area contributed by atoms with E-state index in [1.165, 1.54) is 11.1 Å². The lowest BCUT2D eigenvalue weighted by Crippen LogP contribution is -2.40. The lowest BCUT2D eigenvalue weighted by molar-refractivity contribution is -0.121. The maximum Gasteiger partial charge on any atom is 0.228 e. The number of aryl methyl sites for hydroxylation is 2. The van der Waals surface area contributed by atoms with Crippen molar-refractivity contribution in [3.05, 3.63) is 65.2 Å². The highest BCUT2D eigenvalue weighted by Gasteiger charge is 2.26. The molecule has 1 atom stereocenters. The van der Waals surface area contributed by atoms with Crippen molar-refractivity contribution in [2.75, 3.05) is 18.4 Å². The van der Waals surface area contributed by atoms with Gasteiger partial charge in [-0.25, -0.2) is 0 Å². The highest BCUT2D eigenvalue weighted by molar-refractivity contribution is 5.93. The molecule has 3 nitrogen and oxygen atoms in total. The van der Waals surface area contributed by atoms with Crippen LogP contribution in [-0.2, 0) is 11.3 Å². The van der Waals surface area contributed by atoms with Gasteiger partial charge in [-0.05, 0) is 50.4 Å². The molecule has 1 heterocycles. The standard InChI is InChI=1S/C21H26N2O/c1-16-10-11-20(17(2)13-16)22-21(24)19-9-6-12-23(15-19)14-18-7-4-3-5-8-18/h3-5,7-8,10-11,13,19H,6,9,12,14-15H2,1-2H3,(H,22,24). The highest BCUT2D eigenvalue weighted by atomic mass is 16.1. The Hall–Kier alpha value is -2.13. The van der Waals surface area contributed by atoms with Crippen LogP contribution in [0.5, 0.6) is 0 Å². The van der Waals surface area contributed by atoms with Gasteiger partial charge in [0.2, 0.25) is 5.91 Å². The topological polar surface area (TPSA) is 32.3 Å². The van der Waals surface area contributed by atoms with Crippen LogP contribution in [-0.4, -0.2) is 23.9 Å². The van der Waals surface area contributed by atoms with Gasteiger partial charge in [0.25, 0.3) is 0 Å². The molecule has 0 bridgehead atoms. The molecule has 1 unspecified atom stereocenters. The van der Waals surface area contributed by atoms with Gasteiger partial charge >= 0.3 is 0 Å². The zero-order valence-corrected chi connectivity index (χ0v) is 14.6. The summed E-state index contributed by atoms with van der Waals surface area (Å²) in [6.45, 7) is 6.95. The number of rotatable bonds is 4. The minimum Gasteiger partial charge on any atom is -0.326 e. The van der Waals surface area contributed by atoms with E-state index < -0.39 is 0 Å². The molecule has 1 saturated heterocycles. The average molecular weight is 322 g/mol. The number of carbonyl (C=O) groups excluding carboxylic acids is 1. The number of piperidine rings is 1. The Morgan fingerprint density at radius 3 is 2.71 bits per heavy atom. The monoisotopic (exact) mass is 322 g/mol. The first-order valence-corrected chi connectivity index (χ1v) is 8.76. The molecular weight excluding hydrogens is 296 g/mol. The van der Waals surface area contributed by atoms with Crippen LogP contribution in [0.25, 0.3) is 0 Å². The van der Waals surface area contributed by atoms with Crippen LogP contribution < -0.4 is 5.32 Å². The minimum atomic E-state index is 0.0724. The van der Waals surface area contributed by atoms with Crippen LogP contribution in [0.3, 0.4) is 0 Å². The van der Waals surface area contributed by atoms with E-state index in [1.54, 1.807) is 0 Å². The lowest BCUT2D eigenvalue weighted by atomic mass is 9.96. The van der Waals surface area contributed by atoms with Gasteiger partial charge in [0.1, 0.15) is 0 Å². The van der Waals surface area contributed by atoms with Gasteiger partial charge < -0.3 is 5.32 Å². The summed E-state index contributed by atoms with van der Waals surface area (Å²) in [5.74, 6) is 0.225. The molecule has 2 aromatic rings. The van der Waals surface area contributed by atoms with Crippen LogP contribution >= 0.6 is 0 Å². The molecule has 3 rings (SSSR count). The Morgan fingerprint density at radius 2 is 1.96 bits per heavy atom. The number of nitrogens with one attached hydrogen (secondary N) is 1. The van der Waals surface area contributed by atoms with E-state index in [0.29, 0.717) is 0 Å². The number of anilines is 1. The number of hydrogen-bond acceptors (Lipinski definition) is 2. The molecule has 126 valence electrons. The second-order valence-corrected chi connectivity index (χ2v) is 6.87. The van der Waals surface area contributed by atoms with Gasteiger partial charge in [-0.1, -0.05) is 48.0 Å². The van der Waals surface area contributed by atoms with E-state index in [0.717, 1.165) is 43.7 Å². The first kappa shape index (κ1) is 16.7. The van der Waals surface area contributed by atoms with E-state index in [2.05, 4.69) is 47.5 Å². The first-order chi connectivity index (χ1) is 11.6. The van der Waals surface area contributed by atoms with Crippen LogP contribution in [0.2, 0.25) is 0 Å². The summed E-state index contributed by atoms with van der Waals surface area (Å²) in [6, 6.07) is 16.7. The van der Waals surface area contributed by atoms with Gasteiger partial charge in [-0.2, -0.15) is 0 Å². The number of carbonyl (C=O) groups is 1. The second kappa shape index (κ2) is 7.63. The SMILES string of the molecule is Cc1ccc(NC(=O)C2CCCN(Cc3ccccc3)C2)c(C)c1. The van der Waals surface area contributed by atoms with Crippen molar-refractivity contribution >= 4 is 11.6 Å². The third-order valence-corrected chi connectivity index (χ3v) is 4.77. The molecule has 1 aliphatic rings. The van der Waals surface area contributed by atoms with Gasteiger partial charge in [0.05, 0.1) is 5.92 Å². The molecule has 0 aliphatic carbocycles. The van der Waals surface area contributed by atoms with E-state index in [-0.39, 0.29) is 11.8 Å². The normalized spacial score (nSPS) is 18.3. The van der Waals surface area contributed by atoms with Crippen LogP contribution in [0.15, 0.2) is 48.5 Å². The zero-order valence-electron chi connectivity index (χ0n) is 14.6. The zero-order chi connectivity index (χ0) is 16.9. The largest absolute Gasteiger partial charge is 0.326 e. The van der Waals surface area contributed by atoms with Crippen molar-refractivity contribution in [2.45, 2.75) is 33.2 Å². The fraction of sp³-hybridized carbons (Fsp3) is 0.381. The summed E-state index contributed by atoms with van der Waals surface area (Å²) < 4.78 is 0. The van der Waals surface area contributed by atoms with Gasteiger partial charge in [0, 0.05) is 18.8 Å². The van der Waals surface area contributed by atoms with Gasteiger partial charge in [-0.15, -0.1) is 0 Å². The summed E-state index contributed by atoms with van der Waals surface area (Å²) in [4.78, 5) is 15.1. The van der Waals surface area contributed by atoms with Gasteiger partial charge in [0.15, 0.2) is 0 Å². The molecule has 1 N–H and O–H groups in total. The number of amides is 1. The van der Waals surface area contributed by atoms with Gasteiger partial charge in [-0.3, -0.25) is 9.69 Å². The van der Waals surface area contributed by atoms with Crippen molar-refractivity contribution < 1.29 is 4.79 Å². The fourth-order valence-electron chi connectivity index (χ4n) is 3.44. The number of benzene rings is 2. The average Bonchev–Trinajstić information content (AvgIpc) is 2.58. The van der Waals surface area contributed by atoms with E-state index in [4.69, 9.17) is 0 Å². The van der Waals surface area contributed by atoms with Crippen LogP contribution in [0, 0.1) is 19.8 Å². The second-order valence-electron chi connectivity index (χ2n) is 6.87. The van der Waals surface area contributed by atoms with Crippen molar-refractivity contribution in [1.82, 2.24) is 4.90 Å². The predicted octanol–water partition coefficient (Wildman–Crippen LogP) is 4.15. The minimum absolute atomic E-state index is 0.0724. The summed E-state index contributed by atoms with van der Waals surface area (Å²) >= 11 is 0. The molecule has 1 fully saturated rings. The van der Waals surface area contributed by atoms with E-state index in [9.17, 15) is 4.79 Å².